The molecule has 1 unspecified atom stereocenters. The number of nitrogens with two attached hydrogens (primary N) is 1. The van der Waals surface area contributed by atoms with Crippen molar-refractivity contribution in [3.63, 3.8) is 0 Å². The average molecular weight is 347 g/mol. The van der Waals surface area contributed by atoms with E-state index in [1.165, 1.54) is 11.3 Å². The maximum Gasteiger partial charge on any atom is 0.225 e. The summed E-state index contributed by atoms with van der Waals surface area (Å²) >= 11 is 5.72. The molecule has 1 atom stereocenters. The van der Waals surface area contributed by atoms with Gasteiger partial charge >= 0.3 is 0 Å². The Kier molecular flexibility index (Phi) is 6.25. The summed E-state index contributed by atoms with van der Waals surface area (Å²) in [6.07, 6.45) is 1.17. The van der Waals surface area contributed by atoms with Gasteiger partial charge in [-0.25, -0.2) is 0 Å². The second-order valence-electron chi connectivity index (χ2n) is 6.92. The van der Waals surface area contributed by atoms with Gasteiger partial charge < -0.3 is 11.1 Å². The van der Waals surface area contributed by atoms with Gasteiger partial charge in [-0.2, -0.15) is 0 Å². The first-order valence-electron chi connectivity index (χ1n) is 8.50. The molecule has 0 saturated carbocycles. The maximum atomic E-state index is 11.6. The molecule has 4 heteroatoms. The van der Waals surface area contributed by atoms with Gasteiger partial charge in [0, 0.05) is 24.7 Å². The van der Waals surface area contributed by atoms with Gasteiger partial charge in [-0.1, -0.05) is 43.7 Å². The van der Waals surface area contributed by atoms with Gasteiger partial charge in [0.1, 0.15) is 0 Å². The van der Waals surface area contributed by atoms with E-state index in [9.17, 15) is 4.79 Å². The van der Waals surface area contributed by atoms with Crippen molar-refractivity contribution >= 4 is 22.4 Å². The SMILES string of the molecule is Cc1ccc(C2=C(CC(=O)Cl)C(C)NC(CC(C)C)=C2CN)cc1. The standard InChI is InChI=1S/C20H27ClN2O/c1-12(2)9-18-17(11-22)20(15-7-5-13(3)6-8-15)16(10-19(21)24)14(4)23-18/h5-8,12,14,23H,9-11,22H2,1-4H3. The van der Waals surface area contributed by atoms with Crippen molar-refractivity contribution in [1.29, 1.82) is 0 Å². The number of benzene rings is 1. The van der Waals surface area contributed by atoms with Crippen molar-refractivity contribution in [2.45, 2.75) is 46.6 Å². The van der Waals surface area contributed by atoms with Gasteiger partial charge in [-0.3, -0.25) is 4.79 Å². The highest BCUT2D eigenvalue weighted by molar-refractivity contribution is 6.63. The molecule has 0 amide bonds. The van der Waals surface area contributed by atoms with Crippen molar-refractivity contribution in [2.24, 2.45) is 11.7 Å². The molecule has 1 aliphatic rings. The van der Waals surface area contributed by atoms with Gasteiger partial charge in [0.25, 0.3) is 0 Å². The lowest BCUT2D eigenvalue weighted by Crippen LogP contribution is -2.35. The summed E-state index contributed by atoms with van der Waals surface area (Å²) in [5, 5.41) is 3.21. The fourth-order valence-corrected chi connectivity index (χ4v) is 3.43. The van der Waals surface area contributed by atoms with E-state index < -0.39 is 0 Å². The summed E-state index contributed by atoms with van der Waals surface area (Å²) in [5.41, 5.74) is 12.8. The largest absolute Gasteiger partial charge is 0.382 e. The molecule has 1 heterocycles. The van der Waals surface area contributed by atoms with Crippen LogP contribution in [-0.2, 0) is 4.79 Å². The monoisotopic (exact) mass is 346 g/mol. The number of halogens is 1. The quantitative estimate of drug-likeness (QED) is 0.760. The number of carbonyl (C=O) groups excluding carboxylic acids is 1. The van der Waals surface area contributed by atoms with Crippen molar-refractivity contribution in [2.75, 3.05) is 6.54 Å². The third-order valence-corrected chi connectivity index (χ3v) is 4.52. The van der Waals surface area contributed by atoms with Crippen LogP contribution in [0.1, 0.15) is 44.7 Å². The van der Waals surface area contributed by atoms with Crippen LogP contribution >= 0.6 is 11.6 Å². The normalized spacial score (nSPS) is 18.2. The molecule has 0 bridgehead atoms. The Labute approximate surface area is 150 Å². The van der Waals surface area contributed by atoms with Crippen LogP contribution in [-0.4, -0.2) is 17.8 Å². The zero-order chi connectivity index (χ0) is 17.9. The third-order valence-electron chi connectivity index (χ3n) is 4.39. The summed E-state index contributed by atoms with van der Waals surface area (Å²) in [7, 11) is 0. The van der Waals surface area contributed by atoms with Crippen LogP contribution in [0.25, 0.3) is 5.57 Å². The average Bonchev–Trinajstić information content (AvgIpc) is 2.49. The Morgan fingerprint density at radius 3 is 2.42 bits per heavy atom. The van der Waals surface area contributed by atoms with Crippen molar-refractivity contribution in [3.8, 4) is 0 Å². The Morgan fingerprint density at radius 2 is 1.92 bits per heavy atom. The summed E-state index contributed by atoms with van der Waals surface area (Å²) in [6.45, 7) is 8.97. The topological polar surface area (TPSA) is 55.1 Å². The van der Waals surface area contributed by atoms with Gasteiger partial charge in [0.2, 0.25) is 5.24 Å². The first-order chi connectivity index (χ1) is 11.3. The molecule has 1 aromatic rings. The molecule has 1 aliphatic heterocycles. The van der Waals surface area contributed by atoms with Crippen LogP contribution in [0.4, 0.5) is 0 Å². The Morgan fingerprint density at radius 1 is 1.29 bits per heavy atom. The summed E-state index contributed by atoms with van der Waals surface area (Å²) in [4.78, 5) is 11.6. The molecule has 24 heavy (non-hydrogen) atoms. The zero-order valence-electron chi connectivity index (χ0n) is 14.9. The van der Waals surface area contributed by atoms with Crippen LogP contribution in [0.3, 0.4) is 0 Å². The zero-order valence-corrected chi connectivity index (χ0v) is 15.7. The number of carbonyl (C=O) groups is 1. The highest BCUT2D eigenvalue weighted by atomic mass is 35.5. The number of hydrogen-bond donors (Lipinski definition) is 2. The number of hydrogen-bond acceptors (Lipinski definition) is 3. The highest BCUT2D eigenvalue weighted by Crippen LogP contribution is 2.36. The van der Waals surface area contributed by atoms with E-state index in [-0.39, 0.29) is 17.7 Å². The van der Waals surface area contributed by atoms with Crippen LogP contribution in [0.5, 0.6) is 0 Å². The third kappa shape index (κ3) is 4.28. The van der Waals surface area contributed by atoms with E-state index in [0.29, 0.717) is 12.5 Å². The number of allylic oxidation sites excluding steroid dienone is 1. The van der Waals surface area contributed by atoms with E-state index in [2.05, 4.69) is 57.3 Å². The minimum absolute atomic E-state index is 0.0630. The number of dihydropyridines is 1. The molecular weight excluding hydrogens is 320 g/mol. The summed E-state index contributed by atoms with van der Waals surface area (Å²) in [6, 6.07) is 8.44. The van der Waals surface area contributed by atoms with Gasteiger partial charge in [-0.05, 0) is 60.1 Å². The summed E-state index contributed by atoms with van der Waals surface area (Å²) in [5.74, 6) is 0.525. The van der Waals surface area contributed by atoms with E-state index in [1.807, 2.05) is 0 Å². The number of aryl methyl sites for hydroxylation is 1. The second kappa shape index (κ2) is 8.00. The van der Waals surface area contributed by atoms with Gasteiger partial charge in [0.05, 0.1) is 0 Å². The molecule has 0 saturated heterocycles. The molecule has 0 radical (unpaired) electrons. The number of rotatable bonds is 6. The molecule has 3 nitrogen and oxygen atoms in total. The lowest BCUT2D eigenvalue weighted by Gasteiger charge is -2.33. The molecule has 0 aliphatic carbocycles. The lowest BCUT2D eigenvalue weighted by atomic mass is 9.83. The Balaban J connectivity index is 2.65. The minimum Gasteiger partial charge on any atom is -0.382 e. The van der Waals surface area contributed by atoms with Crippen LogP contribution in [0.15, 0.2) is 41.1 Å². The van der Waals surface area contributed by atoms with Crippen LogP contribution in [0.2, 0.25) is 0 Å². The maximum absolute atomic E-state index is 11.6. The van der Waals surface area contributed by atoms with E-state index >= 15 is 0 Å². The smallest absolute Gasteiger partial charge is 0.225 e. The second-order valence-corrected chi connectivity index (χ2v) is 7.34. The van der Waals surface area contributed by atoms with Crippen molar-refractivity contribution in [1.82, 2.24) is 5.32 Å². The van der Waals surface area contributed by atoms with E-state index in [1.54, 1.807) is 0 Å². The van der Waals surface area contributed by atoms with E-state index in [0.717, 1.165) is 28.7 Å². The lowest BCUT2D eigenvalue weighted by molar-refractivity contribution is -0.111. The molecule has 2 rings (SSSR count). The van der Waals surface area contributed by atoms with Crippen molar-refractivity contribution < 1.29 is 4.79 Å². The molecule has 130 valence electrons. The molecule has 0 fully saturated rings. The van der Waals surface area contributed by atoms with Crippen LogP contribution in [0, 0.1) is 12.8 Å². The first kappa shape index (κ1) is 18.8. The molecular formula is C20H27ClN2O. The predicted octanol–water partition coefficient (Wildman–Crippen LogP) is 4.15. The predicted molar refractivity (Wildman–Crippen MR) is 102 cm³/mol. The highest BCUT2D eigenvalue weighted by Gasteiger charge is 2.27. The minimum atomic E-state index is -0.341. The summed E-state index contributed by atoms with van der Waals surface area (Å²) < 4.78 is 0. The molecule has 1 aromatic carbocycles. The van der Waals surface area contributed by atoms with E-state index in [4.69, 9.17) is 17.3 Å². The van der Waals surface area contributed by atoms with Gasteiger partial charge in [0.15, 0.2) is 0 Å². The van der Waals surface area contributed by atoms with Gasteiger partial charge in [-0.15, -0.1) is 0 Å². The fourth-order valence-electron chi connectivity index (χ4n) is 3.28. The van der Waals surface area contributed by atoms with Crippen LogP contribution < -0.4 is 11.1 Å². The Hall–Kier alpha value is -1.58. The molecule has 0 aromatic heterocycles. The fraction of sp³-hybridized carbons (Fsp3) is 0.450. The number of nitrogens with one attached hydrogen (secondary N) is 1. The molecule has 3 N–H and O–H groups in total. The Bertz CT molecular complexity index is 671. The molecule has 0 spiro atoms. The first-order valence-corrected chi connectivity index (χ1v) is 8.88. The van der Waals surface area contributed by atoms with Crippen molar-refractivity contribution in [3.05, 3.63) is 52.2 Å².